The Bertz CT molecular complexity index is 429. The van der Waals surface area contributed by atoms with Crippen LogP contribution in [-0.4, -0.2) is 5.54 Å². The van der Waals surface area contributed by atoms with Crippen LogP contribution in [0.15, 0.2) is 24.3 Å². The standard InChI is InChI=1S/C17H22IN/c18-16-3-1-12(2-4-16)11-19-17-8-13-5-14(9-17)7-15(6-13)10-17/h1-4,13-15,19H,5-11H2. The summed E-state index contributed by atoms with van der Waals surface area (Å²) in [6.45, 7) is 1.06. The molecule has 0 saturated heterocycles. The first-order valence-electron chi connectivity index (χ1n) is 7.70. The highest BCUT2D eigenvalue weighted by molar-refractivity contribution is 14.1. The lowest BCUT2D eigenvalue weighted by molar-refractivity contribution is -0.0206. The molecule has 19 heavy (non-hydrogen) atoms. The lowest BCUT2D eigenvalue weighted by Crippen LogP contribution is -2.58. The molecule has 1 N–H and O–H groups in total. The molecule has 4 fully saturated rings. The van der Waals surface area contributed by atoms with E-state index in [-0.39, 0.29) is 0 Å². The SMILES string of the molecule is Ic1ccc(CNC23CC4CC(CC(C4)C2)C3)cc1. The van der Waals surface area contributed by atoms with E-state index in [1.54, 1.807) is 0 Å². The van der Waals surface area contributed by atoms with E-state index >= 15 is 0 Å². The maximum Gasteiger partial charge on any atom is 0.0210 e. The minimum Gasteiger partial charge on any atom is -0.307 e. The van der Waals surface area contributed by atoms with Gasteiger partial charge in [0.1, 0.15) is 0 Å². The van der Waals surface area contributed by atoms with Gasteiger partial charge < -0.3 is 5.32 Å². The zero-order valence-electron chi connectivity index (χ0n) is 11.4. The summed E-state index contributed by atoms with van der Waals surface area (Å²) >= 11 is 2.38. The maximum absolute atomic E-state index is 3.96. The van der Waals surface area contributed by atoms with Crippen molar-refractivity contribution in [2.45, 2.75) is 50.6 Å². The Balaban J connectivity index is 1.46. The highest BCUT2D eigenvalue weighted by Crippen LogP contribution is 2.55. The lowest BCUT2D eigenvalue weighted by Gasteiger charge is -2.57. The van der Waals surface area contributed by atoms with Crippen molar-refractivity contribution in [3.8, 4) is 0 Å². The van der Waals surface area contributed by atoms with Gasteiger partial charge in [-0.3, -0.25) is 0 Å². The van der Waals surface area contributed by atoms with Crippen molar-refractivity contribution in [3.63, 3.8) is 0 Å². The molecule has 5 rings (SSSR count). The van der Waals surface area contributed by atoms with Gasteiger partial charge in [-0.25, -0.2) is 0 Å². The Hall–Kier alpha value is -0.0900. The van der Waals surface area contributed by atoms with Gasteiger partial charge in [-0.15, -0.1) is 0 Å². The summed E-state index contributed by atoms with van der Waals surface area (Å²) in [5, 5.41) is 3.96. The minimum absolute atomic E-state index is 0.498. The number of benzene rings is 1. The molecular weight excluding hydrogens is 345 g/mol. The van der Waals surface area contributed by atoms with Crippen LogP contribution in [0.2, 0.25) is 0 Å². The second kappa shape index (κ2) is 4.73. The predicted molar refractivity (Wildman–Crippen MR) is 86.9 cm³/mol. The summed E-state index contributed by atoms with van der Waals surface area (Å²) in [6.07, 6.45) is 8.94. The van der Waals surface area contributed by atoms with Crippen LogP contribution in [0.5, 0.6) is 0 Å². The first-order valence-corrected chi connectivity index (χ1v) is 8.78. The van der Waals surface area contributed by atoms with Gasteiger partial charge in [0.05, 0.1) is 0 Å². The third kappa shape index (κ3) is 2.46. The lowest BCUT2D eigenvalue weighted by atomic mass is 9.53. The van der Waals surface area contributed by atoms with Gasteiger partial charge in [-0.1, -0.05) is 12.1 Å². The second-order valence-corrected chi connectivity index (χ2v) is 8.42. The number of rotatable bonds is 3. The van der Waals surface area contributed by atoms with E-state index in [1.807, 2.05) is 0 Å². The summed E-state index contributed by atoms with van der Waals surface area (Å²) in [5.41, 5.74) is 1.94. The smallest absolute Gasteiger partial charge is 0.0210 e. The van der Waals surface area contributed by atoms with E-state index in [2.05, 4.69) is 52.2 Å². The van der Waals surface area contributed by atoms with Crippen molar-refractivity contribution in [1.82, 2.24) is 5.32 Å². The van der Waals surface area contributed by atoms with Crippen LogP contribution in [0.1, 0.15) is 44.1 Å². The third-order valence-electron chi connectivity index (χ3n) is 5.62. The van der Waals surface area contributed by atoms with E-state index in [1.165, 1.54) is 47.7 Å². The number of halogens is 1. The van der Waals surface area contributed by atoms with Gasteiger partial charge in [0.25, 0.3) is 0 Å². The van der Waals surface area contributed by atoms with E-state index in [9.17, 15) is 0 Å². The topological polar surface area (TPSA) is 12.0 Å². The van der Waals surface area contributed by atoms with Gasteiger partial charge >= 0.3 is 0 Å². The predicted octanol–water partition coefficient (Wildman–Crippen LogP) is 4.35. The van der Waals surface area contributed by atoms with E-state index in [0.29, 0.717) is 5.54 Å². The van der Waals surface area contributed by atoms with E-state index < -0.39 is 0 Å². The first-order chi connectivity index (χ1) is 9.21. The van der Waals surface area contributed by atoms with Crippen molar-refractivity contribution in [3.05, 3.63) is 33.4 Å². The second-order valence-electron chi connectivity index (χ2n) is 7.18. The first kappa shape index (κ1) is 12.6. The van der Waals surface area contributed by atoms with Crippen molar-refractivity contribution >= 4 is 22.6 Å². The molecule has 0 spiro atoms. The van der Waals surface area contributed by atoms with Crippen LogP contribution in [0.3, 0.4) is 0 Å². The van der Waals surface area contributed by atoms with E-state index in [4.69, 9.17) is 0 Å². The molecule has 0 atom stereocenters. The van der Waals surface area contributed by atoms with Gasteiger partial charge in [0, 0.05) is 15.7 Å². The molecule has 2 heteroatoms. The molecule has 4 aliphatic rings. The van der Waals surface area contributed by atoms with Crippen molar-refractivity contribution in [2.24, 2.45) is 17.8 Å². The van der Waals surface area contributed by atoms with Crippen molar-refractivity contribution < 1.29 is 0 Å². The minimum atomic E-state index is 0.498. The normalized spacial score (nSPS) is 39.7. The number of hydrogen-bond donors (Lipinski definition) is 1. The zero-order chi connectivity index (χ0) is 12.9. The fourth-order valence-electron chi connectivity index (χ4n) is 5.22. The van der Waals surface area contributed by atoms with Crippen molar-refractivity contribution in [2.75, 3.05) is 0 Å². The van der Waals surface area contributed by atoms with Crippen LogP contribution in [0.4, 0.5) is 0 Å². The van der Waals surface area contributed by atoms with Crippen LogP contribution in [-0.2, 0) is 6.54 Å². The summed E-state index contributed by atoms with van der Waals surface area (Å²) in [6, 6.07) is 8.99. The molecule has 0 unspecified atom stereocenters. The maximum atomic E-state index is 3.96. The van der Waals surface area contributed by atoms with Crippen LogP contribution in [0, 0.1) is 21.3 Å². The third-order valence-corrected chi connectivity index (χ3v) is 6.34. The van der Waals surface area contributed by atoms with Gasteiger partial charge in [0.2, 0.25) is 0 Å². The fourth-order valence-corrected chi connectivity index (χ4v) is 5.58. The molecule has 1 aromatic carbocycles. The summed E-state index contributed by atoms with van der Waals surface area (Å²) in [5.74, 6) is 3.11. The zero-order valence-corrected chi connectivity index (χ0v) is 13.5. The Labute approximate surface area is 129 Å². The fraction of sp³-hybridized carbons (Fsp3) is 0.647. The van der Waals surface area contributed by atoms with Gasteiger partial charge in [-0.05, 0) is 96.6 Å². The van der Waals surface area contributed by atoms with E-state index in [0.717, 1.165) is 24.3 Å². The molecule has 102 valence electrons. The molecule has 1 nitrogen and oxygen atoms in total. The summed E-state index contributed by atoms with van der Waals surface area (Å²) in [4.78, 5) is 0. The summed E-state index contributed by atoms with van der Waals surface area (Å²) < 4.78 is 1.33. The van der Waals surface area contributed by atoms with Gasteiger partial charge in [-0.2, -0.15) is 0 Å². The molecule has 4 aliphatic carbocycles. The molecule has 0 amide bonds. The molecular formula is C17H22IN. The van der Waals surface area contributed by atoms with Crippen LogP contribution in [0.25, 0.3) is 0 Å². The average molecular weight is 367 g/mol. The van der Waals surface area contributed by atoms with Gasteiger partial charge in [0.15, 0.2) is 0 Å². The van der Waals surface area contributed by atoms with Crippen LogP contribution >= 0.6 is 22.6 Å². The average Bonchev–Trinajstić information content (AvgIpc) is 2.36. The highest BCUT2D eigenvalue weighted by atomic mass is 127. The molecule has 0 heterocycles. The largest absolute Gasteiger partial charge is 0.307 e. The van der Waals surface area contributed by atoms with Crippen molar-refractivity contribution in [1.29, 1.82) is 0 Å². The molecule has 0 aliphatic heterocycles. The quantitative estimate of drug-likeness (QED) is 0.784. The number of nitrogens with one attached hydrogen (secondary N) is 1. The summed E-state index contributed by atoms with van der Waals surface area (Å²) in [7, 11) is 0. The molecule has 1 aromatic rings. The monoisotopic (exact) mass is 367 g/mol. The Morgan fingerprint density at radius 1 is 0.947 bits per heavy atom. The van der Waals surface area contributed by atoms with Crippen LogP contribution < -0.4 is 5.32 Å². The Morgan fingerprint density at radius 2 is 1.47 bits per heavy atom. The molecule has 0 radical (unpaired) electrons. The number of hydrogen-bond acceptors (Lipinski definition) is 1. The molecule has 0 aromatic heterocycles. The molecule has 4 saturated carbocycles. The Kier molecular flexibility index (Phi) is 3.14. The molecule has 4 bridgehead atoms. The Morgan fingerprint density at radius 3 is 2.00 bits per heavy atom. The highest BCUT2D eigenvalue weighted by Gasteiger charge is 2.50.